The molecule has 0 saturated carbocycles. The molecule has 1 amide bonds. The van der Waals surface area contributed by atoms with E-state index in [2.05, 4.69) is 49.6 Å². The number of nitrogens with one attached hydrogen (secondary N) is 2. The summed E-state index contributed by atoms with van der Waals surface area (Å²) in [5.41, 5.74) is 14.6. The fourth-order valence-electron chi connectivity index (χ4n) is 4.87. The lowest BCUT2D eigenvalue weighted by Gasteiger charge is -2.36. The molecule has 2 saturated heterocycles. The van der Waals surface area contributed by atoms with Gasteiger partial charge >= 0.3 is 0 Å². The van der Waals surface area contributed by atoms with E-state index < -0.39 is 18.1 Å². The molecule has 3 aromatic rings. The molecule has 2 fully saturated rings. The fraction of sp³-hybridized carbons (Fsp3) is 0.370. The zero-order chi connectivity index (χ0) is 26.6. The zero-order valence-electron chi connectivity index (χ0n) is 21.5. The highest BCUT2D eigenvalue weighted by Gasteiger charge is 2.30. The van der Waals surface area contributed by atoms with Crippen LogP contribution in [0.1, 0.15) is 16.8 Å². The number of likely N-dealkylation sites (N-methyl/N-ethyl adjacent to an activating group) is 1. The molecule has 0 spiro atoms. The maximum Gasteiger partial charge on any atom is 0.252 e. The Balaban J connectivity index is 1.26. The number of piperazine rings is 1. The minimum Gasteiger partial charge on any atom is -0.397 e. The molecular weight excluding hydrogens is 485 g/mol. The molecule has 0 aliphatic carbocycles. The lowest BCUT2D eigenvalue weighted by atomic mass is 10.0. The Kier molecular flexibility index (Phi) is 7.45. The van der Waals surface area contributed by atoms with Crippen LogP contribution in [0.4, 0.5) is 38.8 Å². The van der Waals surface area contributed by atoms with Gasteiger partial charge in [-0.2, -0.15) is 0 Å². The van der Waals surface area contributed by atoms with Crippen LogP contribution in [0.2, 0.25) is 0 Å². The van der Waals surface area contributed by atoms with Crippen molar-refractivity contribution in [3.63, 3.8) is 0 Å². The number of amides is 1. The number of nitrogen functional groups attached to an aromatic ring is 1. The Morgan fingerprint density at radius 2 is 1.76 bits per heavy atom. The van der Waals surface area contributed by atoms with Crippen LogP contribution in [0.3, 0.4) is 0 Å². The Hall–Kier alpha value is -4.12. The number of anilines is 6. The molecular formula is C27H34FN9O. The number of carbonyl (C=O) groups is 1. The molecule has 2 aliphatic rings. The SMILES string of the molecule is CN1CCN(c2ccc(Nc3cc(N[C@@H]4CCN(c5ccc(N)cn5)C[C@@H]4F)c(C(N)=O)cn3)cc2)CC1. The third kappa shape index (κ3) is 5.88. The van der Waals surface area contributed by atoms with Crippen LogP contribution in [0.25, 0.3) is 0 Å². The molecule has 4 heterocycles. The Bertz CT molecular complexity index is 1250. The molecule has 10 nitrogen and oxygen atoms in total. The number of hydrogen-bond donors (Lipinski definition) is 4. The van der Waals surface area contributed by atoms with E-state index in [-0.39, 0.29) is 12.1 Å². The van der Waals surface area contributed by atoms with Crippen LogP contribution in [-0.2, 0) is 0 Å². The highest BCUT2D eigenvalue weighted by molar-refractivity contribution is 5.98. The predicted molar refractivity (Wildman–Crippen MR) is 150 cm³/mol. The van der Waals surface area contributed by atoms with Crippen LogP contribution in [0, 0.1) is 0 Å². The number of halogens is 1. The summed E-state index contributed by atoms with van der Waals surface area (Å²) >= 11 is 0. The Labute approximate surface area is 221 Å². The molecule has 5 rings (SSSR count). The van der Waals surface area contributed by atoms with Crippen molar-refractivity contribution in [1.29, 1.82) is 0 Å². The summed E-state index contributed by atoms with van der Waals surface area (Å²) in [7, 11) is 2.14. The normalized spacial score (nSPS) is 20.3. The first kappa shape index (κ1) is 25.5. The molecule has 2 aromatic heterocycles. The van der Waals surface area contributed by atoms with Crippen molar-refractivity contribution in [3.05, 3.63) is 60.4 Å². The minimum atomic E-state index is -1.18. The molecule has 2 atom stereocenters. The van der Waals surface area contributed by atoms with Gasteiger partial charge in [-0.1, -0.05) is 0 Å². The number of benzene rings is 1. The molecule has 0 unspecified atom stereocenters. The van der Waals surface area contributed by atoms with E-state index in [4.69, 9.17) is 11.5 Å². The summed E-state index contributed by atoms with van der Waals surface area (Å²) in [6, 6.07) is 12.9. The monoisotopic (exact) mass is 519 g/mol. The topological polar surface area (TPSA) is 129 Å². The van der Waals surface area contributed by atoms with Gasteiger partial charge in [-0.05, 0) is 49.9 Å². The van der Waals surface area contributed by atoms with Crippen molar-refractivity contribution in [1.82, 2.24) is 14.9 Å². The predicted octanol–water partition coefficient (Wildman–Crippen LogP) is 2.68. The van der Waals surface area contributed by atoms with Crippen LogP contribution in [0.5, 0.6) is 0 Å². The van der Waals surface area contributed by atoms with Gasteiger partial charge in [0.05, 0.1) is 35.7 Å². The second kappa shape index (κ2) is 11.1. The van der Waals surface area contributed by atoms with Gasteiger partial charge in [-0.3, -0.25) is 4.79 Å². The van der Waals surface area contributed by atoms with Gasteiger partial charge in [0.1, 0.15) is 17.8 Å². The van der Waals surface area contributed by atoms with Crippen molar-refractivity contribution >= 4 is 40.3 Å². The number of hydrogen-bond acceptors (Lipinski definition) is 9. The Morgan fingerprint density at radius 1 is 1.00 bits per heavy atom. The van der Waals surface area contributed by atoms with Crippen molar-refractivity contribution in [2.45, 2.75) is 18.6 Å². The van der Waals surface area contributed by atoms with Gasteiger partial charge in [0.15, 0.2) is 0 Å². The number of nitrogens with zero attached hydrogens (tertiary/aromatic N) is 5. The molecule has 0 bridgehead atoms. The number of aromatic nitrogens is 2. The summed E-state index contributed by atoms with van der Waals surface area (Å²) in [5, 5.41) is 6.49. The van der Waals surface area contributed by atoms with Gasteiger partial charge in [0.2, 0.25) is 0 Å². The van der Waals surface area contributed by atoms with Crippen LogP contribution in [0.15, 0.2) is 54.9 Å². The molecule has 1 aromatic carbocycles. The third-order valence-corrected chi connectivity index (χ3v) is 7.15. The zero-order valence-corrected chi connectivity index (χ0v) is 21.5. The summed E-state index contributed by atoms with van der Waals surface area (Å²) < 4.78 is 15.2. The molecule has 200 valence electrons. The first-order valence-corrected chi connectivity index (χ1v) is 12.8. The maximum absolute atomic E-state index is 15.2. The molecule has 11 heteroatoms. The smallest absolute Gasteiger partial charge is 0.252 e. The van der Waals surface area contributed by atoms with Crippen molar-refractivity contribution in [3.8, 4) is 0 Å². The van der Waals surface area contributed by atoms with Crippen LogP contribution >= 0.6 is 0 Å². The van der Waals surface area contributed by atoms with E-state index in [0.717, 1.165) is 31.9 Å². The Morgan fingerprint density at radius 3 is 2.42 bits per heavy atom. The van der Waals surface area contributed by atoms with E-state index in [1.54, 1.807) is 24.4 Å². The quantitative estimate of drug-likeness (QED) is 0.372. The van der Waals surface area contributed by atoms with Crippen molar-refractivity contribution in [2.75, 3.05) is 72.5 Å². The number of pyridine rings is 2. The second-order valence-electron chi connectivity index (χ2n) is 9.89. The first-order chi connectivity index (χ1) is 18.4. The molecule has 0 radical (unpaired) electrons. The average molecular weight is 520 g/mol. The first-order valence-electron chi connectivity index (χ1n) is 12.8. The van der Waals surface area contributed by atoms with Crippen molar-refractivity contribution < 1.29 is 9.18 Å². The highest BCUT2D eigenvalue weighted by atomic mass is 19.1. The van der Waals surface area contributed by atoms with E-state index >= 15 is 4.39 Å². The lowest BCUT2D eigenvalue weighted by molar-refractivity contribution is 0.100. The average Bonchev–Trinajstić information content (AvgIpc) is 2.91. The van der Waals surface area contributed by atoms with Gasteiger partial charge in [-0.25, -0.2) is 14.4 Å². The molecule has 6 N–H and O–H groups in total. The van der Waals surface area contributed by atoms with Gasteiger partial charge in [-0.15, -0.1) is 0 Å². The standard InChI is InChI=1S/C27H34FN9O/c1-35-10-12-36(13-11-35)20-5-3-19(4-6-20)33-25-14-24(21(16-31-25)27(30)38)34-23-8-9-37(17-22(23)28)26-7-2-18(29)15-32-26/h2-7,14-16,22-23H,8-13,17,29H2,1H3,(H2,30,38)(H2,31,33,34)/t22-,23+/m0/s1. The largest absolute Gasteiger partial charge is 0.397 e. The van der Waals surface area contributed by atoms with E-state index in [1.807, 2.05) is 17.0 Å². The highest BCUT2D eigenvalue weighted by Crippen LogP contribution is 2.28. The van der Waals surface area contributed by atoms with Crippen molar-refractivity contribution in [2.24, 2.45) is 5.73 Å². The number of rotatable bonds is 7. The number of piperidine rings is 1. The number of primary amides is 1. The summed E-state index contributed by atoms with van der Waals surface area (Å²) in [6.45, 7) is 4.87. The minimum absolute atomic E-state index is 0.177. The third-order valence-electron chi connectivity index (χ3n) is 7.15. The summed E-state index contributed by atoms with van der Waals surface area (Å²) in [4.78, 5) is 27.3. The number of alkyl halides is 1. The molecule has 38 heavy (non-hydrogen) atoms. The second-order valence-corrected chi connectivity index (χ2v) is 9.89. The van der Waals surface area contributed by atoms with Gasteiger partial charge < -0.3 is 36.8 Å². The van der Waals surface area contributed by atoms with Gasteiger partial charge in [0.25, 0.3) is 5.91 Å². The number of nitrogens with two attached hydrogens (primary N) is 2. The van der Waals surface area contributed by atoms with E-state index in [1.165, 1.54) is 11.9 Å². The summed E-state index contributed by atoms with van der Waals surface area (Å²) in [6.07, 6.45) is 2.32. The van der Waals surface area contributed by atoms with Gasteiger partial charge in [0, 0.05) is 56.4 Å². The van der Waals surface area contributed by atoms with Crippen LogP contribution in [-0.4, -0.2) is 79.3 Å². The fourth-order valence-corrected chi connectivity index (χ4v) is 4.87. The van der Waals surface area contributed by atoms with E-state index in [9.17, 15) is 4.79 Å². The lowest BCUT2D eigenvalue weighted by Crippen LogP contribution is -2.48. The molecule has 2 aliphatic heterocycles. The van der Waals surface area contributed by atoms with E-state index in [0.29, 0.717) is 36.0 Å². The number of carbonyl (C=O) groups excluding carboxylic acids is 1. The summed E-state index contributed by atoms with van der Waals surface area (Å²) in [5.74, 6) is 0.595. The van der Waals surface area contributed by atoms with Crippen LogP contribution < -0.4 is 31.9 Å². The maximum atomic E-state index is 15.2.